The molecule has 9 heteroatoms. The molecule has 7 nitrogen and oxygen atoms in total. The van der Waals surface area contributed by atoms with Crippen LogP contribution in [0, 0.1) is 0 Å². The van der Waals surface area contributed by atoms with Crippen LogP contribution in [0.25, 0.3) is 0 Å². The Morgan fingerprint density at radius 2 is 1.54 bits per heavy atom. The quantitative estimate of drug-likeness (QED) is 0.303. The van der Waals surface area contributed by atoms with Crippen LogP contribution in [0.3, 0.4) is 0 Å². The van der Waals surface area contributed by atoms with Crippen molar-refractivity contribution in [2.75, 3.05) is 17.4 Å². The topological polar surface area (TPSA) is 86.8 Å². The lowest BCUT2D eigenvalue weighted by molar-refractivity contribution is -0.139. The first-order valence-electron chi connectivity index (χ1n) is 13.1. The average molecular weight is 570 g/mol. The summed E-state index contributed by atoms with van der Waals surface area (Å²) in [6.07, 6.45) is 1.64. The fraction of sp³-hybridized carbons (Fsp3) is 0.333. The van der Waals surface area contributed by atoms with Crippen LogP contribution in [-0.2, 0) is 26.0 Å². The highest BCUT2D eigenvalue weighted by Crippen LogP contribution is 2.26. The first-order valence-corrected chi connectivity index (χ1v) is 15.0. The Morgan fingerprint density at radius 1 is 0.897 bits per heavy atom. The van der Waals surface area contributed by atoms with Gasteiger partial charge in [0.2, 0.25) is 11.8 Å². The van der Waals surface area contributed by atoms with Crippen molar-refractivity contribution in [2.24, 2.45) is 0 Å². The molecule has 0 bridgehead atoms. The lowest BCUT2D eigenvalue weighted by atomic mass is 10.1. The molecular weight excluding hydrogens is 534 g/mol. The molecule has 3 aromatic rings. The number of anilines is 1. The second kappa shape index (κ2) is 14.1. The van der Waals surface area contributed by atoms with Crippen LogP contribution in [0.15, 0.2) is 89.8 Å². The van der Waals surface area contributed by atoms with Gasteiger partial charge < -0.3 is 10.2 Å². The highest BCUT2D eigenvalue weighted by Gasteiger charge is 2.33. The fourth-order valence-corrected chi connectivity index (χ4v) is 5.83. The predicted molar refractivity (Wildman–Crippen MR) is 156 cm³/mol. The van der Waals surface area contributed by atoms with Crippen molar-refractivity contribution in [1.29, 1.82) is 0 Å². The van der Waals surface area contributed by atoms with Gasteiger partial charge in [0.05, 0.1) is 10.6 Å². The molecule has 2 unspecified atom stereocenters. The SMILES string of the molecule is CCC(C)NC(=O)C(CC)N(CCc1ccccc1)C(=O)CN(c1cccc(Cl)c1)S(=O)(=O)c1ccccc1. The number of hydrogen-bond acceptors (Lipinski definition) is 4. The molecule has 208 valence electrons. The van der Waals surface area contributed by atoms with Gasteiger partial charge in [-0.15, -0.1) is 0 Å². The summed E-state index contributed by atoms with van der Waals surface area (Å²) in [4.78, 5) is 28.8. The second-order valence-electron chi connectivity index (χ2n) is 9.37. The van der Waals surface area contributed by atoms with Crippen molar-refractivity contribution in [1.82, 2.24) is 10.2 Å². The molecule has 0 saturated carbocycles. The van der Waals surface area contributed by atoms with Crippen LogP contribution in [0.4, 0.5) is 5.69 Å². The van der Waals surface area contributed by atoms with E-state index in [0.29, 0.717) is 17.9 Å². The number of sulfonamides is 1. The van der Waals surface area contributed by atoms with Gasteiger partial charge in [-0.1, -0.05) is 80.0 Å². The average Bonchev–Trinajstić information content (AvgIpc) is 2.94. The van der Waals surface area contributed by atoms with Crippen molar-refractivity contribution in [3.05, 3.63) is 95.5 Å². The largest absolute Gasteiger partial charge is 0.352 e. The summed E-state index contributed by atoms with van der Waals surface area (Å²) >= 11 is 6.21. The van der Waals surface area contributed by atoms with E-state index in [0.717, 1.165) is 16.3 Å². The highest BCUT2D eigenvalue weighted by atomic mass is 35.5. The zero-order valence-electron chi connectivity index (χ0n) is 22.6. The summed E-state index contributed by atoms with van der Waals surface area (Å²) in [5.41, 5.74) is 1.27. The molecule has 0 heterocycles. The smallest absolute Gasteiger partial charge is 0.264 e. The molecule has 3 aromatic carbocycles. The third-order valence-corrected chi connectivity index (χ3v) is 8.60. The van der Waals surface area contributed by atoms with Gasteiger partial charge in [-0.05, 0) is 62.1 Å². The molecule has 0 radical (unpaired) electrons. The normalized spacial score (nSPS) is 12.8. The van der Waals surface area contributed by atoms with Crippen LogP contribution in [0.5, 0.6) is 0 Å². The molecule has 39 heavy (non-hydrogen) atoms. The lowest BCUT2D eigenvalue weighted by Gasteiger charge is -2.33. The van der Waals surface area contributed by atoms with Crippen LogP contribution >= 0.6 is 11.6 Å². The van der Waals surface area contributed by atoms with Gasteiger partial charge in [-0.25, -0.2) is 8.42 Å². The van der Waals surface area contributed by atoms with E-state index in [2.05, 4.69) is 5.32 Å². The Bertz CT molecular complexity index is 1340. The third kappa shape index (κ3) is 8.07. The summed E-state index contributed by atoms with van der Waals surface area (Å²) < 4.78 is 28.6. The van der Waals surface area contributed by atoms with Crippen LogP contribution in [-0.4, -0.2) is 50.3 Å². The lowest BCUT2D eigenvalue weighted by Crippen LogP contribution is -2.54. The van der Waals surface area contributed by atoms with Gasteiger partial charge in [0.25, 0.3) is 10.0 Å². The molecule has 2 atom stereocenters. The summed E-state index contributed by atoms with van der Waals surface area (Å²) in [6.45, 7) is 5.50. The number of halogens is 1. The predicted octanol–water partition coefficient (Wildman–Crippen LogP) is 5.30. The molecule has 2 amide bonds. The number of carbonyl (C=O) groups excluding carboxylic acids is 2. The molecule has 0 spiro atoms. The maximum atomic E-state index is 14.0. The maximum Gasteiger partial charge on any atom is 0.264 e. The first kappa shape index (κ1) is 30.2. The maximum absolute atomic E-state index is 14.0. The number of carbonyl (C=O) groups is 2. The van der Waals surface area contributed by atoms with Crippen molar-refractivity contribution in [3.63, 3.8) is 0 Å². The summed E-state index contributed by atoms with van der Waals surface area (Å²) in [5.74, 6) is -0.731. The molecule has 0 aliphatic rings. The van der Waals surface area contributed by atoms with Gasteiger partial charge in [-0.2, -0.15) is 0 Å². The highest BCUT2D eigenvalue weighted by molar-refractivity contribution is 7.92. The minimum absolute atomic E-state index is 0.0511. The van der Waals surface area contributed by atoms with Gasteiger partial charge in [0, 0.05) is 17.6 Å². The van der Waals surface area contributed by atoms with Crippen LogP contribution < -0.4 is 9.62 Å². The molecule has 3 rings (SSSR count). The van der Waals surface area contributed by atoms with Crippen molar-refractivity contribution in [2.45, 2.75) is 57.0 Å². The van der Waals surface area contributed by atoms with Gasteiger partial charge in [-0.3, -0.25) is 13.9 Å². The standard InChI is InChI=1S/C30H36ClN3O4S/c1-4-23(3)32-30(36)28(5-2)33(20-19-24-13-8-6-9-14-24)29(35)22-34(26-16-12-15-25(31)21-26)39(37,38)27-17-10-7-11-18-27/h6-18,21,23,28H,4-5,19-20,22H2,1-3H3,(H,32,36). The van der Waals surface area contributed by atoms with E-state index in [1.54, 1.807) is 36.4 Å². The van der Waals surface area contributed by atoms with Crippen LogP contribution in [0.2, 0.25) is 5.02 Å². The Hall–Kier alpha value is -3.36. The minimum atomic E-state index is -4.12. The van der Waals surface area contributed by atoms with Crippen molar-refractivity contribution in [3.8, 4) is 0 Å². The molecule has 0 aliphatic heterocycles. The monoisotopic (exact) mass is 569 g/mol. The number of benzene rings is 3. The molecule has 0 fully saturated rings. The van der Waals surface area contributed by atoms with Gasteiger partial charge in [0.1, 0.15) is 12.6 Å². The van der Waals surface area contributed by atoms with E-state index in [9.17, 15) is 18.0 Å². The minimum Gasteiger partial charge on any atom is -0.352 e. The molecular formula is C30H36ClN3O4S. The Labute approximate surface area is 236 Å². The number of amides is 2. The number of hydrogen-bond donors (Lipinski definition) is 1. The van der Waals surface area contributed by atoms with E-state index in [1.165, 1.54) is 23.1 Å². The Balaban J connectivity index is 1.99. The Kier molecular flexibility index (Phi) is 10.9. The van der Waals surface area contributed by atoms with E-state index in [-0.39, 0.29) is 29.1 Å². The van der Waals surface area contributed by atoms with Crippen molar-refractivity contribution < 1.29 is 18.0 Å². The van der Waals surface area contributed by atoms with Crippen LogP contribution in [0.1, 0.15) is 39.2 Å². The van der Waals surface area contributed by atoms with Gasteiger partial charge >= 0.3 is 0 Å². The van der Waals surface area contributed by atoms with E-state index < -0.39 is 28.5 Å². The molecule has 0 saturated heterocycles. The van der Waals surface area contributed by atoms with E-state index >= 15 is 0 Å². The number of nitrogens with zero attached hydrogens (tertiary/aromatic N) is 2. The summed E-state index contributed by atoms with van der Waals surface area (Å²) in [7, 11) is -4.12. The molecule has 0 aliphatic carbocycles. The van der Waals surface area contributed by atoms with E-state index in [4.69, 9.17) is 11.6 Å². The fourth-order valence-electron chi connectivity index (χ4n) is 4.22. The third-order valence-electron chi connectivity index (χ3n) is 6.58. The van der Waals surface area contributed by atoms with Crippen molar-refractivity contribution >= 4 is 39.1 Å². The Morgan fingerprint density at radius 3 is 2.13 bits per heavy atom. The van der Waals surface area contributed by atoms with Gasteiger partial charge in [0.15, 0.2) is 0 Å². The molecule has 1 N–H and O–H groups in total. The molecule has 0 aromatic heterocycles. The second-order valence-corrected chi connectivity index (χ2v) is 11.7. The number of nitrogens with one attached hydrogen (secondary N) is 1. The number of rotatable bonds is 13. The summed E-state index contributed by atoms with van der Waals surface area (Å²) in [6, 6.07) is 23.2. The first-order chi connectivity index (χ1) is 18.7. The van der Waals surface area contributed by atoms with E-state index in [1.807, 2.05) is 51.1 Å². The zero-order valence-corrected chi connectivity index (χ0v) is 24.2. The zero-order chi connectivity index (χ0) is 28.4. The summed E-state index contributed by atoms with van der Waals surface area (Å²) in [5, 5.41) is 3.32.